The molecule has 0 aliphatic carbocycles. The molecule has 0 radical (unpaired) electrons. The van der Waals surface area contributed by atoms with Crippen LogP contribution in [0.15, 0.2) is 0 Å². The highest BCUT2D eigenvalue weighted by molar-refractivity contribution is 5.72. The second-order valence-electron chi connectivity index (χ2n) is 4.71. The van der Waals surface area contributed by atoms with Crippen molar-refractivity contribution >= 4 is 5.97 Å². The summed E-state index contributed by atoms with van der Waals surface area (Å²) in [7, 11) is 0. The summed E-state index contributed by atoms with van der Waals surface area (Å²) in [6.07, 6.45) is 2.72. The summed E-state index contributed by atoms with van der Waals surface area (Å²) in [5.74, 6) is 0.104. The van der Waals surface area contributed by atoms with Crippen LogP contribution in [0.2, 0.25) is 0 Å². The Bertz CT molecular complexity index is 249. The number of ether oxygens (including phenoxy) is 2. The molecule has 2 aliphatic rings. The number of piperidine rings is 1. The van der Waals surface area contributed by atoms with E-state index in [1.807, 2.05) is 6.92 Å². The summed E-state index contributed by atoms with van der Waals surface area (Å²) in [5.41, 5.74) is 0. The van der Waals surface area contributed by atoms with Gasteiger partial charge in [0.25, 0.3) is 0 Å². The zero-order valence-electron chi connectivity index (χ0n) is 10.1. The van der Waals surface area contributed by atoms with E-state index in [2.05, 4.69) is 11.8 Å². The molecule has 2 saturated heterocycles. The third-order valence-electron chi connectivity index (χ3n) is 3.48. The second-order valence-corrected chi connectivity index (χ2v) is 4.71. The Balaban J connectivity index is 1.67. The van der Waals surface area contributed by atoms with Gasteiger partial charge in [0.2, 0.25) is 0 Å². The van der Waals surface area contributed by atoms with E-state index in [9.17, 15) is 4.79 Å². The number of rotatable bonds is 4. The van der Waals surface area contributed by atoms with Crippen LogP contribution in [0.1, 0.15) is 26.7 Å². The van der Waals surface area contributed by atoms with Crippen LogP contribution in [0, 0.1) is 5.92 Å². The van der Waals surface area contributed by atoms with Gasteiger partial charge in [0.15, 0.2) is 0 Å². The molecule has 92 valence electrons. The largest absolute Gasteiger partial charge is 0.466 e. The number of hydrogen-bond donors (Lipinski definition) is 0. The summed E-state index contributed by atoms with van der Waals surface area (Å²) in [5, 5.41) is 0. The molecule has 0 saturated carbocycles. The van der Waals surface area contributed by atoms with Crippen LogP contribution >= 0.6 is 0 Å². The van der Waals surface area contributed by atoms with E-state index in [0.717, 1.165) is 32.5 Å². The summed E-state index contributed by atoms with van der Waals surface area (Å²) < 4.78 is 10.4. The van der Waals surface area contributed by atoms with Crippen molar-refractivity contribution < 1.29 is 14.3 Å². The fraction of sp³-hybridized carbons (Fsp3) is 0.917. The van der Waals surface area contributed by atoms with Gasteiger partial charge in [-0.1, -0.05) is 0 Å². The molecule has 16 heavy (non-hydrogen) atoms. The average molecular weight is 227 g/mol. The number of hydrogen-bond acceptors (Lipinski definition) is 4. The third kappa shape index (κ3) is 2.95. The van der Waals surface area contributed by atoms with Crippen molar-refractivity contribution in [3.8, 4) is 0 Å². The molecular weight excluding hydrogens is 206 g/mol. The van der Waals surface area contributed by atoms with Crippen LogP contribution in [0.5, 0.6) is 0 Å². The minimum Gasteiger partial charge on any atom is -0.466 e. The highest BCUT2D eigenvalue weighted by Gasteiger charge is 2.36. The number of likely N-dealkylation sites (tertiary alicyclic amines) is 1. The van der Waals surface area contributed by atoms with E-state index in [0.29, 0.717) is 18.8 Å². The first-order valence-corrected chi connectivity index (χ1v) is 6.25. The predicted molar refractivity (Wildman–Crippen MR) is 60.1 cm³/mol. The lowest BCUT2D eigenvalue weighted by atomic mass is 9.97. The molecule has 0 aromatic heterocycles. The summed E-state index contributed by atoms with van der Waals surface area (Å²) in [4.78, 5) is 13.9. The van der Waals surface area contributed by atoms with Gasteiger partial charge in [-0.05, 0) is 39.8 Å². The summed E-state index contributed by atoms with van der Waals surface area (Å²) in [6, 6.07) is 0. The SMILES string of the molecule is CCOC(=O)C1CCN(CC2OC2C)CC1. The van der Waals surface area contributed by atoms with E-state index in [1.54, 1.807) is 0 Å². The monoisotopic (exact) mass is 227 g/mol. The van der Waals surface area contributed by atoms with Gasteiger partial charge in [0.05, 0.1) is 24.7 Å². The van der Waals surface area contributed by atoms with Gasteiger partial charge >= 0.3 is 5.97 Å². The van der Waals surface area contributed by atoms with E-state index >= 15 is 0 Å². The summed E-state index contributed by atoms with van der Waals surface area (Å²) in [6.45, 7) is 7.48. The van der Waals surface area contributed by atoms with Crippen molar-refractivity contribution in [1.82, 2.24) is 4.90 Å². The van der Waals surface area contributed by atoms with Crippen LogP contribution in [0.25, 0.3) is 0 Å². The number of nitrogens with zero attached hydrogens (tertiary/aromatic N) is 1. The van der Waals surface area contributed by atoms with Gasteiger partial charge in [-0.2, -0.15) is 0 Å². The Kier molecular flexibility index (Phi) is 3.82. The topological polar surface area (TPSA) is 42.1 Å². The van der Waals surface area contributed by atoms with Crippen molar-refractivity contribution in [2.24, 2.45) is 5.92 Å². The number of carbonyl (C=O) groups is 1. The highest BCUT2D eigenvalue weighted by Crippen LogP contribution is 2.25. The highest BCUT2D eigenvalue weighted by atomic mass is 16.6. The Morgan fingerprint density at radius 2 is 2.06 bits per heavy atom. The molecule has 2 rings (SSSR count). The lowest BCUT2D eigenvalue weighted by molar-refractivity contribution is -0.149. The van der Waals surface area contributed by atoms with Crippen LogP contribution < -0.4 is 0 Å². The zero-order chi connectivity index (χ0) is 11.5. The van der Waals surface area contributed by atoms with Crippen molar-refractivity contribution in [3.05, 3.63) is 0 Å². The van der Waals surface area contributed by atoms with E-state index < -0.39 is 0 Å². The van der Waals surface area contributed by atoms with Gasteiger partial charge in [-0.25, -0.2) is 0 Å². The van der Waals surface area contributed by atoms with E-state index in [4.69, 9.17) is 9.47 Å². The molecule has 2 fully saturated rings. The van der Waals surface area contributed by atoms with E-state index in [1.165, 1.54) is 0 Å². The maximum absolute atomic E-state index is 11.5. The fourth-order valence-corrected chi connectivity index (χ4v) is 2.29. The number of epoxide rings is 1. The first-order chi connectivity index (χ1) is 7.70. The Labute approximate surface area is 96.9 Å². The van der Waals surface area contributed by atoms with E-state index in [-0.39, 0.29) is 11.9 Å². The average Bonchev–Trinajstić information content (AvgIpc) is 2.95. The molecule has 2 atom stereocenters. The van der Waals surface area contributed by atoms with Crippen molar-refractivity contribution in [2.75, 3.05) is 26.2 Å². The Hall–Kier alpha value is -0.610. The van der Waals surface area contributed by atoms with Crippen LogP contribution in [0.4, 0.5) is 0 Å². The Morgan fingerprint density at radius 1 is 1.44 bits per heavy atom. The zero-order valence-corrected chi connectivity index (χ0v) is 10.1. The molecule has 4 nitrogen and oxygen atoms in total. The van der Waals surface area contributed by atoms with Crippen molar-refractivity contribution in [3.63, 3.8) is 0 Å². The smallest absolute Gasteiger partial charge is 0.309 e. The first-order valence-electron chi connectivity index (χ1n) is 6.25. The fourth-order valence-electron chi connectivity index (χ4n) is 2.29. The lowest BCUT2D eigenvalue weighted by Gasteiger charge is -2.30. The predicted octanol–water partition coefficient (Wildman–Crippen LogP) is 1.05. The van der Waals surface area contributed by atoms with Gasteiger partial charge in [-0.3, -0.25) is 4.79 Å². The third-order valence-corrected chi connectivity index (χ3v) is 3.48. The molecule has 0 amide bonds. The van der Waals surface area contributed by atoms with Crippen LogP contribution in [0.3, 0.4) is 0 Å². The van der Waals surface area contributed by atoms with Crippen LogP contribution in [-0.2, 0) is 14.3 Å². The second kappa shape index (κ2) is 5.15. The normalized spacial score (nSPS) is 31.4. The van der Waals surface area contributed by atoms with Crippen molar-refractivity contribution in [1.29, 1.82) is 0 Å². The van der Waals surface area contributed by atoms with Gasteiger partial charge < -0.3 is 14.4 Å². The molecule has 2 heterocycles. The quantitative estimate of drug-likeness (QED) is 0.532. The Morgan fingerprint density at radius 3 is 2.56 bits per heavy atom. The maximum atomic E-state index is 11.5. The number of esters is 1. The first kappa shape index (κ1) is 11.9. The molecule has 0 spiro atoms. The molecule has 0 aromatic carbocycles. The maximum Gasteiger partial charge on any atom is 0.309 e. The van der Waals surface area contributed by atoms with Gasteiger partial charge in [0.1, 0.15) is 0 Å². The standard InChI is InChI=1S/C12H21NO3/c1-3-15-12(14)10-4-6-13(7-5-10)8-11-9(2)16-11/h9-11H,3-8H2,1-2H3. The van der Waals surface area contributed by atoms with Gasteiger partial charge in [0, 0.05) is 6.54 Å². The summed E-state index contributed by atoms with van der Waals surface area (Å²) >= 11 is 0. The lowest BCUT2D eigenvalue weighted by Crippen LogP contribution is -2.39. The molecule has 0 bridgehead atoms. The molecule has 0 N–H and O–H groups in total. The van der Waals surface area contributed by atoms with Gasteiger partial charge in [-0.15, -0.1) is 0 Å². The molecule has 2 aliphatic heterocycles. The number of carbonyl (C=O) groups excluding carboxylic acids is 1. The minimum atomic E-state index is -0.0156. The van der Waals surface area contributed by atoms with Crippen molar-refractivity contribution in [2.45, 2.75) is 38.9 Å². The van der Waals surface area contributed by atoms with Crippen LogP contribution in [-0.4, -0.2) is 49.3 Å². The molecule has 0 aromatic rings. The molecular formula is C12H21NO3. The molecule has 4 heteroatoms. The molecule has 2 unspecified atom stereocenters. The minimum absolute atomic E-state index is 0.0156.